The number of nitrogens with two attached hydrogens (primary N) is 1. The van der Waals surface area contributed by atoms with Crippen LogP contribution in [0.5, 0.6) is 0 Å². The van der Waals surface area contributed by atoms with Crippen LogP contribution < -0.4 is 5.73 Å². The lowest BCUT2D eigenvalue weighted by Gasteiger charge is -2.16. The minimum atomic E-state index is -3.03. The number of halogens is 2. The Morgan fingerprint density at radius 3 is 2.54 bits per heavy atom. The Kier molecular flexibility index (Phi) is 8.99. The van der Waals surface area contributed by atoms with Crippen molar-refractivity contribution >= 4 is 46.0 Å². The van der Waals surface area contributed by atoms with Crippen LogP contribution in [0.3, 0.4) is 0 Å². The van der Waals surface area contributed by atoms with Gasteiger partial charge in [-0.1, -0.05) is 30.3 Å². The first kappa shape index (κ1) is 23.3. The van der Waals surface area contributed by atoms with E-state index in [0.29, 0.717) is 23.4 Å². The number of rotatable bonds is 6. The number of likely N-dealkylation sites (tertiary alicyclic amines) is 1. The van der Waals surface area contributed by atoms with Crippen LogP contribution in [-0.4, -0.2) is 44.2 Å². The Labute approximate surface area is 171 Å². The number of benzene rings is 1. The van der Waals surface area contributed by atoms with Crippen LogP contribution in [0.2, 0.25) is 0 Å². The summed E-state index contributed by atoms with van der Waals surface area (Å²) in [6, 6.07) is 10.5. The monoisotopic (exact) mass is 437 g/mol. The SMILES string of the molecule is CS(=O)(=O)Cc1nc(CN2C[C@@H](CN)[C@H](c3ccccc3)C2)cs1.Cl.Cl. The van der Waals surface area contributed by atoms with Crippen molar-refractivity contribution in [2.24, 2.45) is 11.7 Å². The van der Waals surface area contributed by atoms with E-state index in [4.69, 9.17) is 5.73 Å². The highest BCUT2D eigenvalue weighted by Crippen LogP contribution is 2.32. The Hall–Kier alpha value is -0.700. The summed E-state index contributed by atoms with van der Waals surface area (Å²) < 4.78 is 22.8. The molecule has 1 aromatic carbocycles. The van der Waals surface area contributed by atoms with Gasteiger partial charge in [0.15, 0.2) is 9.84 Å². The first-order chi connectivity index (χ1) is 11.4. The number of thiazole rings is 1. The molecular weight excluding hydrogens is 413 g/mol. The molecule has 1 aliphatic rings. The van der Waals surface area contributed by atoms with Gasteiger partial charge in [-0.3, -0.25) is 4.90 Å². The molecule has 26 heavy (non-hydrogen) atoms. The number of sulfone groups is 1. The van der Waals surface area contributed by atoms with Crippen molar-refractivity contribution in [1.29, 1.82) is 0 Å². The van der Waals surface area contributed by atoms with Gasteiger partial charge in [-0.25, -0.2) is 13.4 Å². The normalized spacial score (nSPS) is 20.4. The maximum Gasteiger partial charge on any atom is 0.153 e. The van der Waals surface area contributed by atoms with Gasteiger partial charge in [0.2, 0.25) is 0 Å². The van der Waals surface area contributed by atoms with Crippen molar-refractivity contribution in [2.75, 3.05) is 25.9 Å². The molecule has 1 saturated heterocycles. The van der Waals surface area contributed by atoms with Crippen LogP contribution in [0.4, 0.5) is 0 Å². The van der Waals surface area contributed by atoms with Gasteiger partial charge in [-0.05, 0) is 18.0 Å². The predicted octanol–water partition coefficient (Wildman–Crippen LogP) is 2.71. The molecular formula is C17H25Cl2N3O2S2. The molecule has 3 rings (SSSR count). The summed E-state index contributed by atoms with van der Waals surface area (Å²) in [5.41, 5.74) is 8.27. The third-order valence-electron chi connectivity index (χ3n) is 4.42. The third kappa shape index (κ3) is 6.18. The molecule has 0 aliphatic carbocycles. The van der Waals surface area contributed by atoms with Crippen molar-refractivity contribution in [2.45, 2.75) is 18.2 Å². The largest absolute Gasteiger partial charge is 0.330 e. The van der Waals surface area contributed by atoms with Gasteiger partial charge in [-0.2, -0.15) is 0 Å². The smallest absolute Gasteiger partial charge is 0.153 e. The van der Waals surface area contributed by atoms with Crippen molar-refractivity contribution in [1.82, 2.24) is 9.88 Å². The highest BCUT2D eigenvalue weighted by molar-refractivity contribution is 7.90. The zero-order valence-electron chi connectivity index (χ0n) is 14.6. The summed E-state index contributed by atoms with van der Waals surface area (Å²) in [5.74, 6) is 0.919. The van der Waals surface area contributed by atoms with E-state index in [2.05, 4.69) is 34.1 Å². The molecule has 0 saturated carbocycles. The predicted molar refractivity (Wildman–Crippen MR) is 112 cm³/mol. The van der Waals surface area contributed by atoms with Crippen LogP contribution in [0.15, 0.2) is 35.7 Å². The van der Waals surface area contributed by atoms with Crippen molar-refractivity contribution < 1.29 is 8.42 Å². The molecule has 2 heterocycles. The first-order valence-electron chi connectivity index (χ1n) is 8.03. The minimum Gasteiger partial charge on any atom is -0.330 e. The van der Waals surface area contributed by atoms with E-state index in [-0.39, 0.29) is 30.6 Å². The van der Waals surface area contributed by atoms with Gasteiger partial charge in [0.1, 0.15) is 10.8 Å². The molecule has 0 unspecified atom stereocenters. The second kappa shape index (κ2) is 10.0. The number of nitrogens with zero attached hydrogens (tertiary/aromatic N) is 2. The highest BCUT2D eigenvalue weighted by atomic mass is 35.5. The number of hydrogen-bond acceptors (Lipinski definition) is 6. The minimum absolute atomic E-state index is 0. The summed E-state index contributed by atoms with van der Waals surface area (Å²) in [4.78, 5) is 6.84. The van der Waals surface area contributed by atoms with Crippen LogP contribution >= 0.6 is 36.2 Å². The molecule has 2 atom stereocenters. The highest BCUT2D eigenvalue weighted by Gasteiger charge is 2.32. The van der Waals surface area contributed by atoms with Gasteiger partial charge in [0.25, 0.3) is 0 Å². The van der Waals surface area contributed by atoms with Crippen LogP contribution in [0.1, 0.15) is 22.2 Å². The second-order valence-corrected chi connectivity index (χ2v) is 9.59. The standard InChI is InChI=1S/C17H23N3O2S2.2ClH/c1-24(21,22)12-17-19-15(11-23-17)9-20-8-14(7-18)16(10-20)13-5-3-2-4-6-13;;/h2-6,11,14,16H,7-10,12,18H2,1H3;2*1H/t14-,16+;;/m1../s1. The van der Waals surface area contributed by atoms with Gasteiger partial charge in [-0.15, -0.1) is 36.2 Å². The van der Waals surface area contributed by atoms with Crippen molar-refractivity contribution in [3.63, 3.8) is 0 Å². The molecule has 2 aromatic rings. The lowest BCUT2D eigenvalue weighted by atomic mass is 9.89. The summed E-state index contributed by atoms with van der Waals surface area (Å²) in [6.07, 6.45) is 1.24. The molecule has 1 fully saturated rings. The summed E-state index contributed by atoms with van der Waals surface area (Å²) in [7, 11) is -3.03. The van der Waals surface area contributed by atoms with E-state index in [1.807, 2.05) is 11.4 Å². The van der Waals surface area contributed by atoms with E-state index < -0.39 is 9.84 Å². The zero-order chi connectivity index (χ0) is 17.2. The lowest BCUT2D eigenvalue weighted by Crippen LogP contribution is -2.23. The topological polar surface area (TPSA) is 76.3 Å². The molecule has 0 amide bonds. The number of hydrogen-bond donors (Lipinski definition) is 1. The molecule has 1 aliphatic heterocycles. The lowest BCUT2D eigenvalue weighted by molar-refractivity contribution is 0.313. The van der Waals surface area contributed by atoms with Gasteiger partial charge in [0.05, 0.1) is 5.69 Å². The average molecular weight is 438 g/mol. The molecule has 2 N–H and O–H groups in total. The van der Waals surface area contributed by atoms with Crippen molar-refractivity contribution in [3.8, 4) is 0 Å². The molecule has 146 valence electrons. The molecule has 0 radical (unpaired) electrons. The summed E-state index contributed by atoms with van der Waals surface area (Å²) in [6.45, 7) is 3.34. The fraction of sp³-hybridized carbons (Fsp3) is 0.471. The molecule has 0 bridgehead atoms. The zero-order valence-corrected chi connectivity index (χ0v) is 17.8. The van der Waals surface area contributed by atoms with E-state index in [1.165, 1.54) is 23.2 Å². The molecule has 0 spiro atoms. The third-order valence-corrected chi connectivity index (χ3v) is 6.30. The maximum absolute atomic E-state index is 11.4. The van der Waals surface area contributed by atoms with Gasteiger partial charge >= 0.3 is 0 Å². The Balaban J connectivity index is 0.00000169. The van der Waals surface area contributed by atoms with E-state index in [0.717, 1.165) is 25.3 Å². The second-order valence-electron chi connectivity index (χ2n) is 6.51. The molecule has 9 heteroatoms. The van der Waals surface area contributed by atoms with E-state index in [1.54, 1.807) is 0 Å². The first-order valence-corrected chi connectivity index (χ1v) is 11.0. The quantitative estimate of drug-likeness (QED) is 0.751. The van der Waals surface area contributed by atoms with E-state index in [9.17, 15) is 8.42 Å². The number of aromatic nitrogens is 1. The maximum atomic E-state index is 11.4. The average Bonchev–Trinajstić information content (AvgIpc) is 3.13. The molecule has 1 aromatic heterocycles. The Morgan fingerprint density at radius 2 is 1.92 bits per heavy atom. The van der Waals surface area contributed by atoms with Gasteiger partial charge in [0, 0.05) is 37.2 Å². The fourth-order valence-corrected chi connectivity index (χ4v) is 5.34. The van der Waals surface area contributed by atoms with Crippen LogP contribution in [-0.2, 0) is 22.1 Å². The summed E-state index contributed by atoms with van der Waals surface area (Å²) in [5, 5.41) is 2.63. The molecule has 5 nitrogen and oxygen atoms in total. The van der Waals surface area contributed by atoms with Crippen molar-refractivity contribution in [3.05, 3.63) is 52.0 Å². The van der Waals surface area contributed by atoms with Crippen LogP contribution in [0, 0.1) is 5.92 Å². The van der Waals surface area contributed by atoms with E-state index >= 15 is 0 Å². The summed E-state index contributed by atoms with van der Waals surface area (Å²) >= 11 is 1.42. The Morgan fingerprint density at radius 1 is 1.23 bits per heavy atom. The fourth-order valence-electron chi connectivity index (χ4n) is 3.35. The van der Waals surface area contributed by atoms with Gasteiger partial charge < -0.3 is 5.73 Å². The van der Waals surface area contributed by atoms with Crippen LogP contribution in [0.25, 0.3) is 0 Å². The Bertz CT molecular complexity index is 784.